The molecule has 0 unspecified atom stereocenters. The Morgan fingerprint density at radius 2 is 1.61 bits per heavy atom. The average molecular weight is 346 g/mol. The number of aryl methyl sites for hydroxylation is 3. The topological polar surface area (TPSA) is 57.9 Å². The molecule has 0 aliphatic rings. The molecule has 0 bridgehead atoms. The molecule has 0 aliphatic heterocycles. The summed E-state index contributed by atoms with van der Waals surface area (Å²) in [5.41, 5.74) is 3.71. The Balaban J connectivity index is 2.60. The number of nitriles is 1. The maximum atomic E-state index is 12.6. The van der Waals surface area contributed by atoms with Gasteiger partial charge in [0.2, 0.25) is 9.84 Å². The summed E-state index contributed by atoms with van der Waals surface area (Å²) < 4.78 is 25.3. The normalized spacial score (nSPS) is 12.0. The van der Waals surface area contributed by atoms with Crippen molar-refractivity contribution in [1.82, 2.24) is 0 Å². The van der Waals surface area contributed by atoms with Crippen molar-refractivity contribution in [3.63, 3.8) is 0 Å². The van der Waals surface area contributed by atoms with Crippen LogP contribution < -0.4 is 0 Å². The number of nitrogens with zero attached hydrogens (tertiary/aromatic N) is 1. The second-order valence-electron chi connectivity index (χ2n) is 5.39. The van der Waals surface area contributed by atoms with Gasteiger partial charge < -0.3 is 0 Å². The highest BCUT2D eigenvalue weighted by Gasteiger charge is 2.21. The Hall–Kier alpha value is -2.09. The molecular formula is C18H16ClNO2S. The molecule has 0 fully saturated rings. The van der Waals surface area contributed by atoms with Crippen LogP contribution in [0.2, 0.25) is 5.02 Å². The molecule has 0 radical (unpaired) electrons. The van der Waals surface area contributed by atoms with E-state index < -0.39 is 9.84 Å². The van der Waals surface area contributed by atoms with Gasteiger partial charge in [0.15, 0.2) is 0 Å². The molecule has 0 amide bonds. The fourth-order valence-electron chi connectivity index (χ4n) is 2.46. The van der Waals surface area contributed by atoms with Gasteiger partial charge in [0.05, 0.1) is 4.90 Å². The summed E-state index contributed by atoms with van der Waals surface area (Å²) >= 11 is 5.79. The number of hydrogen-bond donors (Lipinski definition) is 0. The molecule has 118 valence electrons. The van der Waals surface area contributed by atoms with Crippen molar-refractivity contribution in [2.45, 2.75) is 25.7 Å². The standard InChI is InChI=1S/C18H16ClNO2S/c1-12-8-13(2)18(14(3)9-12)10-17(11-20)23(21,22)16-6-4-15(19)5-7-16/h4-10H,1-3H3. The lowest BCUT2D eigenvalue weighted by atomic mass is 9.99. The van der Waals surface area contributed by atoms with E-state index in [1.54, 1.807) is 0 Å². The molecule has 5 heteroatoms. The molecule has 3 nitrogen and oxygen atoms in total. The van der Waals surface area contributed by atoms with E-state index in [-0.39, 0.29) is 9.80 Å². The monoisotopic (exact) mass is 345 g/mol. The zero-order valence-corrected chi connectivity index (χ0v) is 14.7. The van der Waals surface area contributed by atoms with E-state index in [2.05, 4.69) is 0 Å². The lowest BCUT2D eigenvalue weighted by Crippen LogP contribution is -2.04. The third kappa shape index (κ3) is 3.64. The fraction of sp³-hybridized carbons (Fsp3) is 0.167. The Morgan fingerprint density at radius 1 is 1.09 bits per heavy atom. The van der Waals surface area contributed by atoms with Crippen LogP contribution in [0.4, 0.5) is 0 Å². The summed E-state index contributed by atoms with van der Waals surface area (Å²) in [5, 5.41) is 9.79. The lowest BCUT2D eigenvalue weighted by Gasteiger charge is -2.09. The van der Waals surface area contributed by atoms with Gasteiger partial charge in [0.25, 0.3) is 0 Å². The van der Waals surface area contributed by atoms with Gasteiger partial charge in [-0.2, -0.15) is 5.26 Å². The third-order valence-electron chi connectivity index (χ3n) is 3.54. The summed E-state index contributed by atoms with van der Waals surface area (Å²) in [7, 11) is -3.87. The molecule has 0 saturated heterocycles. The van der Waals surface area contributed by atoms with Crippen LogP contribution in [-0.4, -0.2) is 8.42 Å². The van der Waals surface area contributed by atoms with Crippen LogP contribution in [0.15, 0.2) is 46.2 Å². The minimum absolute atomic E-state index is 0.0529. The van der Waals surface area contributed by atoms with Crippen LogP contribution in [-0.2, 0) is 9.84 Å². The second-order valence-corrected chi connectivity index (χ2v) is 7.74. The zero-order chi connectivity index (χ0) is 17.2. The summed E-state index contributed by atoms with van der Waals surface area (Å²) in [6, 6.07) is 11.5. The minimum Gasteiger partial charge on any atom is -0.218 e. The number of sulfone groups is 1. The molecule has 0 spiro atoms. The van der Waals surface area contributed by atoms with Gasteiger partial charge in [0.1, 0.15) is 11.0 Å². The SMILES string of the molecule is Cc1cc(C)c(C=C(C#N)S(=O)(=O)c2ccc(Cl)cc2)c(C)c1. The molecule has 0 aliphatic carbocycles. The van der Waals surface area contributed by atoms with Gasteiger partial charge in [-0.25, -0.2) is 8.42 Å². The van der Waals surface area contributed by atoms with E-state index in [1.807, 2.05) is 39.0 Å². The molecule has 0 aromatic heterocycles. The van der Waals surface area contributed by atoms with Gasteiger partial charge in [0, 0.05) is 5.02 Å². The number of benzene rings is 2. The van der Waals surface area contributed by atoms with Crippen molar-refractivity contribution in [2.24, 2.45) is 0 Å². The largest absolute Gasteiger partial charge is 0.218 e. The highest BCUT2D eigenvalue weighted by Crippen LogP contribution is 2.25. The van der Waals surface area contributed by atoms with E-state index in [0.29, 0.717) is 5.02 Å². The van der Waals surface area contributed by atoms with Crippen molar-refractivity contribution in [3.8, 4) is 6.07 Å². The van der Waals surface area contributed by atoms with Crippen molar-refractivity contribution >= 4 is 27.5 Å². The first-order valence-corrected chi connectivity index (χ1v) is 8.82. The number of halogens is 1. The third-order valence-corrected chi connectivity index (χ3v) is 5.47. The summed E-state index contributed by atoms with van der Waals surface area (Å²) in [5.74, 6) is 0. The van der Waals surface area contributed by atoms with E-state index in [1.165, 1.54) is 30.3 Å². The maximum absolute atomic E-state index is 12.6. The first-order valence-electron chi connectivity index (χ1n) is 6.96. The van der Waals surface area contributed by atoms with E-state index in [4.69, 9.17) is 11.6 Å². The molecule has 0 heterocycles. The van der Waals surface area contributed by atoms with Crippen LogP contribution in [0, 0.1) is 32.1 Å². The quantitative estimate of drug-likeness (QED) is 0.763. The summed E-state index contributed by atoms with van der Waals surface area (Å²) in [6.07, 6.45) is 1.44. The Morgan fingerprint density at radius 3 is 2.09 bits per heavy atom. The molecule has 23 heavy (non-hydrogen) atoms. The van der Waals surface area contributed by atoms with Crippen molar-refractivity contribution < 1.29 is 8.42 Å². The second kappa shape index (κ2) is 6.57. The van der Waals surface area contributed by atoms with Crippen molar-refractivity contribution in [3.05, 3.63) is 68.6 Å². The maximum Gasteiger partial charge on any atom is 0.216 e. The zero-order valence-electron chi connectivity index (χ0n) is 13.1. The fourth-order valence-corrected chi connectivity index (χ4v) is 3.73. The minimum atomic E-state index is -3.87. The van der Waals surface area contributed by atoms with Gasteiger partial charge in [-0.05, 0) is 67.8 Å². The summed E-state index contributed by atoms with van der Waals surface area (Å²) in [6.45, 7) is 5.77. The van der Waals surface area contributed by atoms with E-state index >= 15 is 0 Å². The van der Waals surface area contributed by atoms with E-state index in [0.717, 1.165) is 22.3 Å². The van der Waals surface area contributed by atoms with Crippen LogP contribution in [0.5, 0.6) is 0 Å². The Kier molecular flexibility index (Phi) is 4.93. The number of allylic oxidation sites excluding steroid dienone is 1. The van der Waals surface area contributed by atoms with Gasteiger partial charge in [-0.15, -0.1) is 0 Å². The first kappa shape index (κ1) is 17.3. The number of hydrogen-bond acceptors (Lipinski definition) is 3. The highest BCUT2D eigenvalue weighted by atomic mass is 35.5. The lowest BCUT2D eigenvalue weighted by molar-refractivity contribution is 0.603. The summed E-state index contributed by atoms with van der Waals surface area (Å²) in [4.78, 5) is -0.230. The molecule has 0 atom stereocenters. The van der Waals surface area contributed by atoms with Crippen LogP contribution in [0.3, 0.4) is 0 Å². The van der Waals surface area contributed by atoms with Gasteiger partial charge in [-0.3, -0.25) is 0 Å². The molecule has 0 N–H and O–H groups in total. The number of rotatable bonds is 3. The Labute approximate surface area is 141 Å². The van der Waals surface area contributed by atoms with Crippen LogP contribution in [0.1, 0.15) is 22.3 Å². The van der Waals surface area contributed by atoms with Crippen LogP contribution in [0.25, 0.3) is 6.08 Å². The van der Waals surface area contributed by atoms with Crippen LogP contribution >= 0.6 is 11.6 Å². The predicted molar refractivity (Wildman–Crippen MR) is 92.9 cm³/mol. The highest BCUT2D eigenvalue weighted by molar-refractivity contribution is 7.95. The van der Waals surface area contributed by atoms with Crippen molar-refractivity contribution in [1.29, 1.82) is 5.26 Å². The average Bonchev–Trinajstić information content (AvgIpc) is 2.46. The molecular weight excluding hydrogens is 330 g/mol. The molecule has 0 saturated carbocycles. The molecule has 2 aromatic rings. The van der Waals surface area contributed by atoms with E-state index in [9.17, 15) is 13.7 Å². The molecule has 2 aromatic carbocycles. The molecule has 2 rings (SSSR count). The first-order chi connectivity index (χ1) is 10.8. The van der Waals surface area contributed by atoms with Gasteiger partial charge in [-0.1, -0.05) is 29.3 Å². The smallest absolute Gasteiger partial charge is 0.216 e. The predicted octanol–water partition coefficient (Wildman–Crippen LogP) is 4.60. The van der Waals surface area contributed by atoms with Crippen molar-refractivity contribution in [2.75, 3.05) is 0 Å². The van der Waals surface area contributed by atoms with Gasteiger partial charge >= 0.3 is 0 Å². The Bertz CT molecular complexity index is 897.